The number of benzene rings is 9. The van der Waals surface area contributed by atoms with Gasteiger partial charge in [-0.05, 0) is 51.6 Å². The Hall–Kier alpha value is -8.05. The molecule has 0 bridgehead atoms. The average molecular weight is 820 g/mol. The summed E-state index contributed by atoms with van der Waals surface area (Å²) in [5.74, 6) is 0.703. The molecule has 0 aliphatic carbocycles. The topological polar surface area (TPSA) is 38.7 Å². The minimum atomic E-state index is 0.703. The lowest BCUT2D eigenvalue weighted by molar-refractivity contribution is 1.18. The molecule has 0 aliphatic heterocycles. The van der Waals surface area contributed by atoms with Crippen LogP contribution in [-0.4, -0.2) is 15.0 Å². The maximum absolute atomic E-state index is 5.15. The predicted octanol–water partition coefficient (Wildman–Crippen LogP) is 16.2. The van der Waals surface area contributed by atoms with Crippen LogP contribution in [0.25, 0.3) is 120 Å². The molecule has 0 saturated carbocycles. The van der Waals surface area contributed by atoms with Crippen molar-refractivity contribution in [3.05, 3.63) is 224 Å². The fourth-order valence-electron chi connectivity index (χ4n) is 8.99. The van der Waals surface area contributed by atoms with E-state index in [0.717, 1.165) is 66.8 Å². The quantitative estimate of drug-likeness (QED) is 0.150. The fourth-order valence-corrected chi connectivity index (χ4v) is 10.2. The van der Waals surface area contributed by atoms with E-state index in [2.05, 4.69) is 206 Å². The van der Waals surface area contributed by atoms with Gasteiger partial charge in [0.1, 0.15) is 0 Å². The standard InChI is InChI=1S/C59H37N3S/c1-3-13-44(14-4-1)57-51-22-11-19-46(56(51)50-18-7-9-23-52(50)60-57)40-29-25-38(26-30-40)39-27-33-42(34-28-39)53-37-54(62-59(61-53)45-15-5-2-6-16-45)43-35-31-41(32-36-43)47-20-12-21-49-48-17-8-10-24-55(48)63-58(47)49/h1-37H. The van der Waals surface area contributed by atoms with Gasteiger partial charge in [0.15, 0.2) is 5.82 Å². The van der Waals surface area contributed by atoms with Crippen molar-refractivity contribution in [2.75, 3.05) is 0 Å². The normalized spacial score (nSPS) is 11.5. The Morgan fingerprint density at radius 1 is 0.302 bits per heavy atom. The van der Waals surface area contributed by atoms with Gasteiger partial charge in [0, 0.05) is 58.6 Å². The smallest absolute Gasteiger partial charge is 0.160 e. The minimum Gasteiger partial charge on any atom is -0.247 e. The Balaban J connectivity index is 0.875. The van der Waals surface area contributed by atoms with E-state index in [1.165, 1.54) is 47.8 Å². The molecule has 0 fully saturated rings. The highest BCUT2D eigenvalue weighted by atomic mass is 32.1. The van der Waals surface area contributed by atoms with Crippen LogP contribution in [0.3, 0.4) is 0 Å². The Kier molecular flexibility index (Phi) is 9.02. The zero-order valence-electron chi connectivity index (χ0n) is 34.1. The second-order valence-electron chi connectivity index (χ2n) is 15.9. The Morgan fingerprint density at radius 3 is 1.46 bits per heavy atom. The molecule has 63 heavy (non-hydrogen) atoms. The number of fused-ring (bicyclic) bond motifs is 6. The molecule has 0 saturated heterocycles. The first-order valence-electron chi connectivity index (χ1n) is 21.3. The first-order chi connectivity index (χ1) is 31.2. The van der Waals surface area contributed by atoms with Gasteiger partial charge in [0.25, 0.3) is 0 Å². The maximum atomic E-state index is 5.15. The Bertz CT molecular complexity index is 3630. The van der Waals surface area contributed by atoms with Crippen molar-refractivity contribution in [2.45, 2.75) is 0 Å². The summed E-state index contributed by atoms with van der Waals surface area (Å²) in [6.45, 7) is 0. The molecule has 3 heterocycles. The van der Waals surface area contributed by atoms with Crippen LogP contribution in [0.1, 0.15) is 0 Å². The summed E-state index contributed by atoms with van der Waals surface area (Å²) in [6, 6.07) is 79.7. The lowest BCUT2D eigenvalue weighted by atomic mass is 9.92. The van der Waals surface area contributed by atoms with Crippen LogP contribution in [0.15, 0.2) is 224 Å². The van der Waals surface area contributed by atoms with Gasteiger partial charge in [-0.25, -0.2) is 15.0 Å². The number of para-hydroxylation sites is 1. The molecule has 9 aromatic carbocycles. The van der Waals surface area contributed by atoms with Crippen molar-refractivity contribution in [1.82, 2.24) is 15.0 Å². The van der Waals surface area contributed by atoms with Crippen LogP contribution < -0.4 is 0 Å². The largest absolute Gasteiger partial charge is 0.247 e. The summed E-state index contributed by atoms with van der Waals surface area (Å²) in [5.41, 5.74) is 15.1. The number of rotatable bonds is 7. The molecule has 0 unspecified atom stereocenters. The maximum Gasteiger partial charge on any atom is 0.160 e. The van der Waals surface area contributed by atoms with Gasteiger partial charge in [-0.1, -0.05) is 206 Å². The van der Waals surface area contributed by atoms with Crippen molar-refractivity contribution in [2.24, 2.45) is 0 Å². The zero-order chi connectivity index (χ0) is 41.7. The van der Waals surface area contributed by atoms with E-state index in [4.69, 9.17) is 15.0 Å². The highest BCUT2D eigenvalue weighted by molar-refractivity contribution is 7.26. The van der Waals surface area contributed by atoms with Gasteiger partial charge in [-0.2, -0.15) is 0 Å². The number of hydrogen-bond donors (Lipinski definition) is 0. The molecule has 4 heteroatoms. The summed E-state index contributed by atoms with van der Waals surface area (Å²) in [6.07, 6.45) is 0. The van der Waals surface area contributed by atoms with E-state index in [1.807, 2.05) is 29.5 Å². The van der Waals surface area contributed by atoms with Crippen LogP contribution in [0.2, 0.25) is 0 Å². The van der Waals surface area contributed by atoms with E-state index in [9.17, 15) is 0 Å². The number of nitrogens with zero attached hydrogens (tertiary/aromatic N) is 3. The summed E-state index contributed by atoms with van der Waals surface area (Å²) < 4.78 is 2.63. The zero-order valence-corrected chi connectivity index (χ0v) is 34.9. The second-order valence-corrected chi connectivity index (χ2v) is 17.0. The Labute approximate surface area is 369 Å². The third-order valence-electron chi connectivity index (χ3n) is 12.1. The van der Waals surface area contributed by atoms with Crippen LogP contribution in [-0.2, 0) is 0 Å². The highest BCUT2D eigenvalue weighted by Gasteiger charge is 2.16. The summed E-state index contributed by atoms with van der Waals surface area (Å²) >= 11 is 1.86. The van der Waals surface area contributed by atoms with Gasteiger partial charge in [0.2, 0.25) is 0 Å². The number of hydrogen-bond acceptors (Lipinski definition) is 4. The third kappa shape index (κ3) is 6.65. The molecule has 0 spiro atoms. The molecule has 3 nitrogen and oxygen atoms in total. The molecule has 12 aromatic rings. The molecule has 0 amide bonds. The predicted molar refractivity (Wildman–Crippen MR) is 266 cm³/mol. The van der Waals surface area contributed by atoms with Crippen molar-refractivity contribution in [3.8, 4) is 78.5 Å². The van der Waals surface area contributed by atoms with Crippen molar-refractivity contribution >= 4 is 53.2 Å². The number of pyridine rings is 1. The molecular formula is C59H37N3S. The van der Waals surface area contributed by atoms with Crippen molar-refractivity contribution in [3.63, 3.8) is 0 Å². The molecule has 0 N–H and O–H groups in total. The molecule has 294 valence electrons. The number of thiophene rings is 1. The van der Waals surface area contributed by atoms with E-state index in [-0.39, 0.29) is 0 Å². The van der Waals surface area contributed by atoms with Crippen LogP contribution in [0.4, 0.5) is 0 Å². The summed E-state index contributed by atoms with van der Waals surface area (Å²) in [4.78, 5) is 15.4. The first kappa shape index (κ1) is 36.8. The van der Waals surface area contributed by atoms with Gasteiger partial charge in [-0.15, -0.1) is 11.3 Å². The monoisotopic (exact) mass is 819 g/mol. The van der Waals surface area contributed by atoms with E-state index in [1.54, 1.807) is 0 Å². The second kappa shape index (κ2) is 15.4. The van der Waals surface area contributed by atoms with E-state index < -0.39 is 0 Å². The van der Waals surface area contributed by atoms with Gasteiger partial charge >= 0.3 is 0 Å². The lowest BCUT2D eigenvalue weighted by Gasteiger charge is -2.14. The molecular weight excluding hydrogens is 783 g/mol. The van der Waals surface area contributed by atoms with Crippen LogP contribution in [0, 0.1) is 0 Å². The molecule has 12 rings (SSSR count). The molecule has 0 radical (unpaired) electrons. The van der Waals surface area contributed by atoms with Crippen LogP contribution >= 0.6 is 11.3 Å². The van der Waals surface area contributed by atoms with Gasteiger partial charge in [-0.3, -0.25) is 0 Å². The fraction of sp³-hybridized carbons (Fsp3) is 0. The highest BCUT2D eigenvalue weighted by Crippen LogP contribution is 2.42. The molecule has 0 atom stereocenters. The summed E-state index contributed by atoms with van der Waals surface area (Å²) in [5, 5.41) is 6.14. The van der Waals surface area contributed by atoms with Gasteiger partial charge < -0.3 is 0 Å². The Morgan fingerprint density at radius 2 is 0.794 bits per heavy atom. The first-order valence-corrected chi connectivity index (χ1v) is 22.1. The minimum absolute atomic E-state index is 0.703. The summed E-state index contributed by atoms with van der Waals surface area (Å²) in [7, 11) is 0. The molecule has 3 aromatic heterocycles. The van der Waals surface area contributed by atoms with Gasteiger partial charge in [0.05, 0.1) is 22.6 Å². The third-order valence-corrected chi connectivity index (χ3v) is 13.4. The lowest BCUT2D eigenvalue weighted by Crippen LogP contribution is -1.96. The van der Waals surface area contributed by atoms with E-state index >= 15 is 0 Å². The van der Waals surface area contributed by atoms with E-state index in [0.29, 0.717) is 5.82 Å². The number of aromatic nitrogens is 3. The van der Waals surface area contributed by atoms with Crippen molar-refractivity contribution < 1.29 is 0 Å². The SMILES string of the molecule is c1ccc(-c2nc(-c3ccc(-c4ccc(-c5cccc6c(-c7ccccc7)nc7ccccc7c56)cc4)cc3)cc(-c3ccc(-c4cccc5c4sc4ccccc45)cc3)n2)cc1. The van der Waals surface area contributed by atoms with Crippen molar-refractivity contribution in [1.29, 1.82) is 0 Å². The average Bonchev–Trinajstić information content (AvgIpc) is 3.76. The molecule has 0 aliphatic rings. The van der Waals surface area contributed by atoms with Crippen LogP contribution in [0.5, 0.6) is 0 Å².